The van der Waals surface area contributed by atoms with Crippen LogP contribution in [0.2, 0.25) is 0 Å². The highest BCUT2D eigenvalue weighted by Gasteiger charge is 2.23. The molecule has 0 atom stereocenters. The van der Waals surface area contributed by atoms with Gasteiger partial charge in [-0.2, -0.15) is 0 Å². The van der Waals surface area contributed by atoms with Crippen molar-refractivity contribution in [2.24, 2.45) is 5.92 Å². The van der Waals surface area contributed by atoms with Crippen LogP contribution in [0.4, 0.5) is 11.4 Å². The molecule has 0 aromatic heterocycles. The summed E-state index contributed by atoms with van der Waals surface area (Å²) in [6.07, 6.45) is 7.78. The van der Waals surface area contributed by atoms with Crippen LogP contribution in [-0.4, -0.2) is 25.7 Å². The van der Waals surface area contributed by atoms with Crippen LogP contribution in [0.3, 0.4) is 0 Å². The largest absolute Gasteiger partial charge is 0.465 e. The van der Waals surface area contributed by atoms with Gasteiger partial charge in [-0.1, -0.05) is 43.2 Å². The van der Waals surface area contributed by atoms with Crippen LogP contribution < -0.4 is 10.6 Å². The number of ether oxygens (including phenoxy) is 1. The lowest BCUT2D eigenvalue weighted by atomic mass is 9.86. The molecule has 2 N–H and O–H groups in total. The summed E-state index contributed by atoms with van der Waals surface area (Å²) in [4.78, 5) is 13.0. The van der Waals surface area contributed by atoms with E-state index in [1.165, 1.54) is 45.6 Å². The van der Waals surface area contributed by atoms with Crippen molar-refractivity contribution in [1.29, 1.82) is 0 Å². The highest BCUT2D eigenvalue weighted by atomic mass is 16.5. The molecule has 0 saturated heterocycles. The van der Waals surface area contributed by atoms with E-state index in [0.717, 1.165) is 57.2 Å². The van der Waals surface area contributed by atoms with E-state index in [1.54, 1.807) is 0 Å². The Morgan fingerprint density at radius 1 is 0.886 bits per heavy atom. The number of hydrogen-bond acceptors (Lipinski definition) is 4. The molecule has 5 rings (SSSR count). The molecule has 0 bridgehead atoms. The predicted molar refractivity (Wildman–Crippen MR) is 145 cm³/mol. The van der Waals surface area contributed by atoms with Gasteiger partial charge in [0.15, 0.2) is 0 Å². The first-order chi connectivity index (χ1) is 17.0. The predicted octanol–water partition coefficient (Wildman–Crippen LogP) is 7.60. The van der Waals surface area contributed by atoms with Gasteiger partial charge in [-0.3, -0.25) is 0 Å². The van der Waals surface area contributed by atoms with Gasteiger partial charge < -0.3 is 15.4 Å². The quantitative estimate of drug-likeness (QED) is 0.334. The molecular formula is C31H36N2O2. The van der Waals surface area contributed by atoms with Crippen LogP contribution in [0.5, 0.6) is 0 Å². The van der Waals surface area contributed by atoms with Gasteiger partial charge in [-0.25, -0.2) is 4.79 Å². The number of rotatable bonds is 8. The number of carbonyl (C=O) groups excluding carboxylic acids is 1. The minimum Gasteiger partial charge on any atom is -0.465 e. The summed E-state index contributed by atoms with van der Waals surface area (Å²) in [7, 11) is 1.46. The second kappa shape index (κ2) is 10.2. The number of aryl methyl sites for hydroxylation is 1. The molecule has 4 nitrogen and oxygen atoms in total. The molecule has 2 aliphatic rings. The first-order valence-corrected chi connectivity index (χ1v) is 13.0. The molecule has 182 valence electrons. The fourth-order valence-electron chi connectivity index (χ4n) is 5.34. The summed E-state index contributed by atoms with van der Waals surface area (Å²) in [5.41, 5.74) is 9.11. The normalized spacial score (nSPS) is 15.7. The third kappa shape index (κ3) is 5.22. The molecule has 0 radical (unpaired) electrons. The maximum atomic E-state index is 13.0. The second-order valence-corrected chi connectivity index (χ2v) is 10.2. The lowest BCUT2D eigenvalue weighted by Crippen LogP contribution is -2.14. The number of nitrogens with one attached hydrogen (secondary N) is 2. The molecule has 0 amide bonds. The fraction of sp³-hybridized carbons (Fsp3) is 0.387. The average molecular weight is 469 g/mol. The Morgan fingerprint density at radius 2 is 1.51 bits per heavy atom. The zero-order valence-corrected chi connectivity index (χ0v) is 21.1. The Morgan fingerprint density at radius 3 is 2.14 bits per heavy atom. The number of carbonyl (C=O) groups is 1. The van der Waals surface area contributed by atoms with Crippen molar-refractivity contribution in [3.63, 3.8) is 0 Å². The van der Waals surface area contributed by atoms with E-state index >= 15 is 0 Å². The number of esters is 1. The summed E-state index contributed by atoms with van der Waals surface area (Å²) in [5.74, 6) is 0.542. The smallest absolute Gasteiger partial charge is 0.338 e. The Balaban J connectivity index is 1.46. The molecule has 35 heavy (non-hydrogen) atoms. The van der Waals surface area contributed by atoms with E-state index in [1.807, 2.05) is 6.92 Å². The van der Waals surface area contributed by atoms with Gasteiger partial charge in [0.2, 0.25) is 0 Å². The van der Waals surface area contributed by atoms with Crippen LogP contribution in [0.25, 0.3) is 22.3 Å². The Kier molecular flexibility index (Phi) is 6.81. The molecule has 2 saturated carbocycles. The maximum Gasteiger partial charge on any atom is 0.338 e. The molecule has 0 aliphatic heterocycles. The monoisotopic (exact) mass is 468 g/mol. The molecule has 2 aliphatic carbocycles. The summed E-state index contributed by atoms with van der Waals surface area (Å²) >= 11 is 0. The number of methoxy groups -OCH3 is 1. The summed E-state index contributed by atoms with van der Waals surface area (Å²) in [5, 5.41) is 7.18. The van der Waals surface area contributed by atoms with Crippen molar-refractivity contribution in [1.82, 2.24) is 0 Å². The molecule has 4 heteroatoms. The highest BCUT2D eigenvalue weighted by Crippen LogP contribution is 2.38. The van der Waals surface area contributed by atoms with E-state index in [4.69, 9.17) is 4.74 Å². The highest BCUT2D eigenvalue weighted by molar-refractivity contribution is 6.02. The van der Waals surface area contributed by atoms with Crippen LogP contribution >= 0.6 is 0 Å². The lowest BCUT2D eigenvalue weighted by Gasteiger charge is -2.19. The third-order valence-corrected chi connectivity index (χ3v) is 7.56. The Labute approximate surface area is 209 Å². The first-order valence-electron chi connectivity index (χ1n) is 13.0. The van der Waals surface area contributed by atoms with E-state index < -0.39 is 0 Å². The van der Waals surface area contributed by atoms with Crippen molar-refractivity contribution in [2.75, 3.05) is 24.3 Å². The van der Waals surface area contributed by atoms with Gasteiger partial charge in [-0.05, 0) is 103 Å². The number of hydrogen-bond donors (Lipinski definition) is 2. The van der Waals surface area contributed by atoms with Gasteiger partial charge >= 0.3 is 5.97 Å². The third-order valence-electron chi connectivity index (χ3n) is 7.56. The van der Waals surface area contributed by atoms with Crippen molar-refractivity contribution >= 4 is 17.3 Å². The van der Waals surface area contributed by atoms with Crippen molar-refractivity contribution < 1.29 is 9.53 Å². The van der Waals surface area contributed by atoms with Gasteiger partial charge in [0.1, 0.15) is 0 Å². The maximum absolute atomic E-state index is 13.0. The second-order valence-electron chi connectivity index (χ2n) is 10.2. The van der Waals surface area contributed by atoms with Crippen molar-refractivity contribution in [3.8, 4) is 22.3 Å². The molecule has 0 unspecified atom stereocenters. The zero-order valence-electron chi connectivity index (χ0n) is 21.1. The Hall–Kier alpha value is -3.27. The van der Waals surface area contributed by atoms with E-state index in [0.29, 0.717) is 11.6 Å². The average Bonchev–Trinajstić information content (AvgIpc) is 3.58. The SMILES string of the molecule is COC(=O)c1c(C)c(-c2ccc(NCC3CC3)cc2)cc(C)c1-c1ccc(NC2CCCC2)cc1. The van der Waals surface area contributed by atoms with Gasteiger partial charge in [-0.15, -0.1) is 0 Å². The zero-order chi connectivity index (χ0) is 24.4. The topological polar surface area (TPSA) is 50.4 Å². The standard InChI is InChI=1S/C31H36N2O2/c1-20-18-28(23-10-14-25(15-11-23)32-19-22-8-9-22)21(2)30(31(34)35-3)29(20)24-12-16-27(17-13-24)33-26-6-4-5-7-26/h10-18,22,26,32-33H,4-9,19H2,1-3H3. The van der Waals surface area contributed by atoms with Gasteiger partial charge in [0.05, 0.1) is 12.7 Å². The number of benzene rings is 3. The number of anilines is 2. The molecule has 0 spiro atoms. The van der Waals surface area contributed by atoms with Gasteiger partial charge in [0, 0.05) is 24.0 Å². The molecule has 0 heterocycles. The fourth-order valence-corrected chi connectivity index (χ4v) is 5.34. The lowest BCUT2D eigenvalue weighted by molar-refractivity contribution is 0.0601. The molecule has 3 aromatic rings. The van der Waals surface area contributed by atoms with Crippen LogP contribution in [0.1, 0.15) is 60.0 Å². The minimum absolute atomic E-state index is 0.293. The van der Waals surface area contributed by atoms with Crippen LogP contribution in [-0.2, 0) is 4.74 Å². The summed E-state index contributed by atoms with van der Waals surface area (Å²) < 4.78 is 5.26. The molecule has 3 aromatic carbocycles. The van der Waals surface area contributed by atoms with Crippen molar-refractivity contribution in [3.05, 3.63) is 71.3 Å². The summed E-state index contributed by atoms with van der Waals surface area (Å²) in [6, 6.07) is 19.8. The van der Waals surface area contributed by atoms with Gasteiger partial charge in [0.25, 0.3) is 0 Å². The molecular weight excluding hydrogens is 432 g/mol. The van der Waals surface area contributed by atoms with E-state index in [9.17, 15) is 4.79 Å². The van der Waals surface area contributed by atoms with Crippen molar-refractivity contribution in [2.45, 2.75) is 58.4 Å². The van der Waals surface area contributed by atoms with Crippen LogP contribution in [0, 0.1) is 19.8 Å². The minimum atomic E-state index is -0.293. The van der Waals surface area contributed by atoms with E-state index in [-0.39, 0.29) is 5.97 Å². The molecule has 2 fully saturated rings. The van der Waals surface area contributed by atoms with Crippen LogP contribution in [0.15, 0.2) is 54.6 Å². The van der Waals surface area contributed by atoms with E-state index in [2.05, 4.69) is 72.2 Å². The Bertz CT molecular complexity index is 1190. The summed E-state index contributed by atoms with van der Waals surface area (Å²) in [6.45, 7) is 5.16. The first kappa shape index (κ1) is 23.5.